The van der Waals surface area contributed by atoms with Crippen molar-refractivity contribution in [2.75, 3.05) is 33.7 Å². The molecule has 0 spiro atoms. The lowest BCUT2D eigenvalue weighted by molar-refractivity contribution is -0.683. The van der Waals surface area contributed by atoms with E-state index in [2.05, 4.69) is 43.3 Å². The van der Waals surface area contributed by atoms with Crippen LogP contribution in [-0.2, 0) is 56.8 Å². The second-order valence-corrected chi connectivity index (χ2v) is 17.5. The first-order valence-electron chi connectivity index (χ1n) is 17.5. The second-order valence-electron chi connectivity index (χ2n) is 14.5. The van der Waals surface area contributed by atoms with Crippen molar-refractivity contribution in [3.05, 3.63) is 65.6 Å². The number of carbonyl (C=O) groups excluding carboxylic acids is 3. The second kappa shape index (κ2) is 15.5. The molecule has 288 valence electrons. The summed E-state index contributed by atoms with van der Waals surface area (Å²) in [4.78, 5) is 47.2. The highest BCUT2D eigenvalue weighted by atomic mass is 32.2. The number of aromatic nitrogens is 2. The number of allylic oxidation sites excluding steroid dienone is 3. The number of amides is 2. The van der Waals surface area contributed by atoms with Gasteiger partial charge >= 0.3 is 5.97 Å². The van der Waals surface area contributed by atoms with Gasteiger partial charge in [-0.2, -0.15) is 16.8 Å². The number of aryl methyl sites for hydroxylation is 1. The molecule has 0 radical (unpaired) electrons. The van der Waals surface area contributed by atoms with Crippen LogP contribution in [0.25, 0.3) is 0 Å². The molecule has 0 aliphatic carbocycles. The molecule has 5 heterocycles. The predicted molar refractivity (Wildman–Crippen MR) is 196 cm³/mol. The number of nitrogens with one attached hydrogen (secondary N) is 2. The van der Waals surface area contributed by atoms with Crippen molar-refractivity contribution in [3.63, 3.8) is 0 Å². The van der Waals surface area contributed by atoms with Gasteiger partial charge in [0.2, 0.25) is 0 Å². The molecule has 5 rings (SSSR count). The van der Waals surface area contributed by atoms with Crippen LogP contribution in [-0.4, -0.2) is 78.0 Å². The third-order valence-corrected chi connectivity index (χ3v) is 11.1. The molecule has 16 nitrogen and oxygen atoms in total. The van der Waals surface area contributed by atoms with E-state index >= 15 is 0 Å². The van der Waals surface area contributed by atoms with Crippen LogP contribution in [0.1, 0.15) is 83.8 Å². The summed E-state index contributed by atoms with van der Waals surface area (Å²) in [6.07, 6.45) is 11.4. The normalized spacial score (nSPS) is 19.9. The Balaban J connectivity index is 1.32. The molecule has 0 aromatic carbocycles. The number of hydroxylamine groups is 2. The minimum absolute atomic E-state index is 0.0241. The fourth-order valence-corrected chi connectivity index (χ4v) is 7.79. The maximum atomic E-state index is 12.2. The van der Waals surface area contributed by atoms with Gasteiger partial charge in [0.25, 0.3) is 37.9 Å². The minimum Gasteiger partial charge on any atom is -0.367 e. The number of unbranched alkanes of at least 4 members (excludes halogenated alkanes) is 2. The largest absolute Gasteiger partial charge is 0.367 e. The molecule has 1 saturated heterocycles. The van der Waals surface area contributed by atoms with Crippen molar-refractivity contribution in [1.82, 2.24) is 10.0 Å². The Morgan fingerprint density at radius 2 is 1.77 bits per heavy atom. The first-order chi connectivity index (χ1) is 24.8. The third kappa shape index (κ3) is 9.41. The Kier molecular flexibility index (Phi) is 11.7. The molecular formula is C35H47N6O10S2+. The lowest BCUT2D eigenvalue weighted by atomic mass is 9.80. The van der Waals surface area contributed by atoms with E-state index in [0.717, 1.165) is 28.5 Å². The van der Waals surface area contributed by atoms with Crippen molar-refractivity contribution in [3.8, 4) is 0 Å². The maximum absolute atomic E-state index is 12.2. The summed E-state index contributed by atoms with van der Waals surface area (Å²) >= 11 is 0. The van der Waals surface area contributed by atoms with Crippen molar-refractivity contribution in [2.24, 2.45) is 0 Å². The molecule has 1 fully saturated rings. The van der Waals surface area contributed by atoms with Gasteiger partial charge in [-0.15, -0.1) is 5.06 Å². The molecule has 0 bridgehead atoms. The van der Waals surface area contributed by atoms with E-state index in [1.54, 1.807) is 12.4 Å². The molecule has 1 unspecified atom stereocenters. The highest BCUT2D eigenvalue weighted by Crippen LogP contribution is 2.47. The van der Waals surface area contributed by atoms with E-state index in [9.17, 15) is 40.3 Å². The summed E-state index contributed by atoms with van der Waals surface area (Å²) in [7, 11) is -8.42. The first kappa shape index (κ1) is 39.8. The molecule has 18 heteroatoms. The predicted octanol–water partition coefficient (Wildman–Crippen LogP) is 3.38. The van der Waals surface area contributed by atoms with Gasteiger partial charge in [-0.25, -0.2) is 14.3 Å². The van der Waals surface area contributed by atoms with Gasteiger partial charge < -0.3 is 15.1 Å². The maximum Gasteiger partial charge on any atom is 0.333 e. The van der Waals surface area contributed by atoms with E-state index in [0.29, 0.717) is 43.1 Å². The molecule has 2 aromatic heterocycles. The zero-order valence-electron chi connectivity index (χ0n) is 30.2. The molecule has 2 aromatic rings. The number of hydrogen-bond donors (Lipinski definition) is 4. The van der Waals surface area contributed by atoms with Crippen LogP contribution in [0.4, 0.5) is 17.3 Å². The van der Waals surface area contributed by atoms with E-state index in [-0.39, 0.29) is 37.5 Å². The Labute approximate surface area is 309 Å². The van der Waals surface area contributed by atoms with Crippen molar-refractivity contribution >= 4 is 55.3 Å². The minimum atomic E-state index is -4.30. The van der Waals surface area contributed by atoms with Crippen molar-refractivity contribution in [1.29, 1.82) is 0 Å². The first-order valence-corrected chi connectivity index (χ1v) is 20.7. The average Bonchev–Trinajstić information content (AvgIpc) is 3.60. The number of imide groups is 1. The summed E-state index contributed by atoms with van der Waals surface area (Å²) in [5.74, 6) is -1.20. The van der Waals surface area contributed by atoms with Crippen LogP contribution in [0, 0.1) is 0 Å². The highest BCUT2D eigenvalue weighted by Gasteiger charge is 2.46. The van der Waals surface area contributed by atoms with Crippen LogP contribution in [0.2, 0.25) is 0 Å². The summed E-state index contributed by atoms with van der Waals surface area (Å²) in [5, 5.41) is 6.95. The summed E-state index contributed by atoms with van der Waals surface area (Å²) in [6.45, 7) is 9.12. The van der Waals surface area contributed by atoms with Crippen LogP contribution in [0.5, 0.6) is 0 Å². The smallest absolute Gasteiger partial charge is 0.333 e. The third-order valence-electron chi connectivity index (χ3n) is 9.83. The fourth-order valence-electron chi connectivity index (χ4n) is 6.94. The quantitative estimate of drug-likeness (QED) is 0.0833. The number of fused-ring (bicyclic) bond motifs is 2. The summed E-state index contributed by atoms with van der Waals surface area (Å²) in [5.41, 5.74) is 2.39. The summed E-state index contributed by atoms with van der Waals surface area (Å²) in [6, 6.07) is 5.51. The van der Waals surface area contributed by atoms with Gasteiger partial charge in [0.05, 0.1) is 23.5 Å². The van der Waals surface area contributed by atoms with E-state index in [1.165, 1.54) is 0 Å². The standard InChI is InChI=1S/C35H46N6O10S2/c1-34(2)26-21-24(37-23-53(48,49)50)22-39(18-7-5-6-14-31(44)51-41-29(42)15-16-30(41)43)33(26)38-27(34)12-8-13-28-35(3,4)25-11-9-17-36-32(25)40(28)19-10-20-52(45,46)47/h8-9,11-13,17,21-22,27,37H,5-7,10,14-16,18-20,23H2,1-4H3,(H2,45,46,47,48,49,50)/p+1/b12-8+,28-13-. The van der Waals surface area contributed by atoms with E-state index in [1.807, 2.05) is 45.9 Å². The van der Waals surface area contributed by atoms with Gasteiger partial charge in [-0.05, 0) is 50.0 Å². The van der Waals surface area contributed by atoms with Crippen LogP contribution >= 0.6 is 0 Å². The van der Waals surface area contributed by atoms with Gasteiger partial charge in [-0.1, -0.05) is 39.8 Å². The zero-order chi connectivity index (χ0) is 38.8. The molecular weight excluding hydrogens is 729 g/mol. The van der Waals surface area contributed by atoms with Gasteiger partial charge in [0, 0.05) is 54.1 Å². The van der Waals surface area contributed by atoms with Gasteiger partial charge in [-0.3, -0.25) is 24.0 Å². The van der Waals surface area contributed by atoms with Gasteiger partial charge in [0.1, 0.15) is 23.9 Å². The Morgan fingerprint density at radius 3 is 2.45 bits per heavy atom. The van der Waals surface area contributed by atoms with Crippen molar-refractivity contribution in [2.45, 2.75) is 96.1 Å². The Hall–Kier alpha value is -4.39. The SMILES string of the molecule is CC1(C)/C(=C/C=C/C2Nc3c(cc(NCS(=O)(=O)O)c[n+]3CCCCCC(=O)ON3C(=O)CCC3=O)C2(C)C)N(CCCS(=O)(=O)O)c2ncccc21. The molecule has 3 aliphatic heterocycles. The number of hydrogen-bond acceptors (Lipinski definition) is 12. The number of nitrogens with zero attached hydrogens (tertiary/aromatic N) is 4. The van der Waals surface area contributed by atoms with Crippen LogP contribution < -0.4 is 20.1 Å². The molecule has 1 atom stereocenters. The fraction of sp³-hybridized carbons (Fsp3) is 0.514. The van der Waals surface area contributed by atoms with Crippen molar-refractivity contribution < 1.29 is 49.7 Å². The van der Waals surface area contributed by atoms with Crippen LogP contribution in [0.15, 0.2) is 54.5 Å². The highest BCUT2D eigenvalue weighted by molar-refractivity contribution is 7.86. The number of anilines is 3. The lowest BCUT2D eigenvalue weighted by Crippen LogP contribution is -2.37. The van der Waals surface area contributed by atoms with Crippen LogP contribution in [0.3, 0.4) is 0 Å². The lowest BCUT2D eigenvalue weighted by Gasteiger charge is -2.26. The van der Waals surface area contributed by atoms with E-state index in [4.69, 9.17) is 4.84 Å². The molecule has 4 N–H and O–H groups in total. The van der Waals surface area contributed by atoms with E-state index < -0.39 is 54.7 Å². The molecule has 2 amide bonds. The zero-order valence-corrected chi connectivity index (χ0v) is 31.9. The van der Waals surface area contributed by atoms with Gasteiger partial charge in [0.15, 0.2) is 0 Å². The summed E-state index contributed by atoms with van der Waals surface area (Å²) < 4.78 is 66.7. The molecule has 0 saturated carbocycles. The Bertz CT molecular complexity index is 2030. The average molecular weight is 776 g/mol. The Morgan fingerprint density at radius 1 is 1.06 bits per heavy atom. The molecule has 53 heavy (non-hydrogen) atoms. The molecule has 3 aliphatic rings. The topological polar surface area (TPSA) is 216 Å². The number of pyridine rings is 2. The monoisotopic (exact) mass is 775 g/mol. The number of carbonyl (C=O) groups is 3. The number of rotatable bonds is 16.